The summed E-state index contributed by atoms with van der Waals surface area (Å²) in [5.41, 5.74) is 1.66. The van der Waals surface area contributed by atoms with E-state index in [4.69, 9.17) is 23.4 Å². The maximum atomic E-state index is 12.4. The van der Waals surface area contributed by atoms with Crippen molar-refractivity contribution in [2.24, 2.45) is 5.92 Å². The van der Waals surface area contributed by atoms with Crippen LogP contribution in [0.5, 0.6) is 0 Å². The average Bonchev–Trinajstić information content (AvgIpc) is 2.99. The smallest absolute Gasteiger partial charge is 0.341 e. The van der Waals surface area contributed by atoms with Gasteiger partial charge in [-0.05, 0) is 63.1 Å². The summed E-state index contributed by atoms with van der Waals surface area (Å²) in [7, 11) is -3.30. The molecule has 29 heavy (non-hydrogen) atoms. The number of hydrogen-bond acceptors (Lipinski definition) is 9. The molecule has 1 aliphatic carbocycles. The van der Waals surface area contributed by atoms with Gasteiger partial charge in [0.1, 0.15) is 5.00 Å². The minimum atomic E-state index is -4.69. The molecule has 0 aromatic carbocycles. The van der Waals surface area contributed by atoms with Gasteiger partial charge in [-0.1, -0.05) is 6.92 Å². The highest BCUT2D eigenvalue weighted by molar-refractivity contribution is 7.17. The van der Waals surface area contributed by atoms with Crippen LogP contribution in [0.2, 0.25) is 0 Å². The zero-order valence-electron chi connectivity index (χ0n) is 16.6. The Hall–Kier alpha value is -1.27. The second kappa shape index (κ2) is 10.7. The summed E-state index contributed by atoms with van der Waals surface area (Å²) in [5, 5.41) is 3.65. The largest absolute Gasteiger partial charge is 0.465 e. The first-order valence-electron chi connectivity index (χ1n) is 9.46. The lowest BCUT2D eigenvalue weighted by Gasteiger charge is -2.29. The molecule has 11 heteroatoms. The molecule has 9 nitrogen and oxygen atoms in total. The summed E-state index contributed by atoms with van der Waals surface area (Å²) >= 11 is 1.55. The second-order valence-electron chi connectivity index (χ2n) is 7.31. The number of methoxy groups -OCH3 is 1. The maximum absolute atomic E-state index is 12.4. The van der Waals surface area contributed by atoms with Crippen LogP contribution in [0.25, 0.3) is 0 Å². The maximum Gasteiger partial charge on any atom is 0.341 e. The third-order valence-electron chi connectivity index (χ3n) is 5.06. The molecule has 1 aromatic heterocycles. The number of ether oxygens (including phenoxy) is 1. The molecule has 0 spiro atoms. The number of hydrogen-bond donors (Lipinski definition) is 2. The Morgan fingerprint density at radius 1 is 1.24 bits per heavy atom. The number of aryl methyl sites for hydroxylation is 1. The molecule has 1 fully saturated rings. The number of esters is 1. The molecule has 2 aliphatic rings. The topological polar surface area (TPSA) is 148 Å². The van der Waals surface area contributed by atoms with Gasteiger partial charge in [-0.2, -0.15) is 14.0 Å². The third kappa shape index (κ3) is 7.82. The number of fused-ring (bicyclic) bond motifs is 1. The van der Waals surface area contributed by atoms with Crippen LogP contribution in [0.1, 0.15) is 53.4 Å². The van der Waals surface area contributed by atoms with E-state index in [1.807, 2.05) is 0 Å². The molecule has 1 amide bonds. The van der Waals surface area contributed by atoms with E-state index < -0.39 is 10.2 Å². The first-order valence-corrected chi connectivity index (χ1v) is 11.5. The Kier molecular flexibility index (Phi) is 8.83. The van der Waals surface area contributed by atoms with Gasteiger partial charge in [-0.15, -0.1) is 11.3 Å². The van der Waals surface area contributed by atoms with Gasteiger partial charge in [-0.3, -0.25) is 9.69 Å². The zero-order valence-corrected chi connectivity index (χ0v) is 18.1. The lowest BCUT2D eigenvalue weighted by molar-refractivity contribution is -1.92. The zero-order chi connectivity index (χ0) is 21.6. The highest BCUT2D eigenvalue weighted by Gasteiger charge is 2.27. The Morgan fingerprint density at radius 2 is 1.83 bits per heavy atom. The van der Waals surface area contributed by atoms with E-state index in [1.54, 1.807) is 11.3 Å². The average molecular weight is 451 g/mol. The van der Waals surface area contributed by atoms with Crippen molar-refractivity contribution < 1.29 is 43.2 Å². The molecule has 1 aliphatic heterocycles. The predicted octanol–water partition coefficient (Wildman–Crippen LogP) is -1.04. The molecule has 2 N–H and O–H groups in total. The molecule has 0 radical (unpaired) electrons. The summed E-state index contributed by atoms with van der Waals surface area (Å²) < 4.78 is 37.7. The van der Waals surface area contributed by atoms with Gasteiger partial charge in [-0.25, -0.2) is 4.79 Å². The Labute approximate surface area is 176 Å². The van der Waals surface area contributed by atoms with E-state index in [2.05, 4.69) is 17.1 Å². The van der Waals surface area contributed by atoms with Crippen LogP contribution in [0.15, 0.2) is 0 Å². The van der Waals surface area contributed by atoms with Crippen LogP contribution in [-0.2, 0) is 22.4 Å². The highest BCUT2D eigenvalue weighted by atomic mass is 35.7. The number of rotatable bonds is 4. The fraction of sp³-hybridized carbons (Fsp3) is 0.667. The minimum absolute atomic E-state index is 0.0340. The van der Waals surface area contributed by atoms with Crippen molar-refractivity contribution in [2.75, 3.05) is 32.1 Å². The predicted molar refractivity (Wildman–Crippen MR) is 98.0 cm³/mol. The number of piperidine rings is 1. The first kappa shape index (κ1) is 24.0. The summed E-state index contributed by atoms with van der Waals surface area (Å²) in [4.78, 5) is 28.1. The second-order valence-corrected chi connectivity index (χ2v) is 9.21. The number of anilines is 1. The monoisotopic (exact) mass is 450 g/mol. The van der Waals surface area contributed by atoms with Crippen molar-refractivity contribution in [3.05, 3.63) is 16.0 Å². The van der Waals surface area contributed by atoms with E-state index in [0.29, 0.717) is 17.1 Å². The van der Waals surface area contributed by atoms with Gasteiger partial charge in [0.2, 0.25) is 5.91 Å². The Morgan fingerprint density at radius 3 is 2.41 bits per heavy atom. The molecule has 164 valence electrons. The summed E-state index contributed by atoms with van der Waals surface area (Å²) in [6.45, 7) is 4.60. The Bertz CT molecular complexity index is 706. The quantitative estimate of drug-likeness (QED) is 0.552. The van der Waals surface area contributed by atoms with Crippen LogP contribution in [0, 0.1) is 16.2 Å². The molecule has 3 rings (SSSR count). The number of nitrogens with zero attached hydrogens (tertiary/aromatic N) is 1. The molecule has 1 saturated heterocycles. The number of thiophene rings is 1. The molecule has 0 unspecified atom stereocenters. The van der Waals surface area contributed by atoms with Crippen LogP contribution < -0.4 is 19.3 Å². The number of nitrogens with one attached hydrogen (secondary N) is 1. The number of halogens is 1. The van der Waals surface area contributed by atoms with E-state index >= 15 is 0 Å². The molecule has 0 atom stereocenters. The fourth-order valence-corrected chi connectivity index (χ4v) is 4.85. The van der Waals surface area contributed by atoms with Crippen LogP contribution >= 0.6 is 11.3 Å². The van der Waals surface area contributed by atoms with Gasteiger partial charge in [0, 0.05) is 4.88 Å². The van der Waals surface area contributed by atoms with E-state index in [0.717, 1.165) is 63.1 Å². The molecule has 1 aromatic rings. The number of amides is 1. The van der Waals surface area contributed by atoms with Crippen molar-refractivity contribution in [1.82, 2.24) is 4.90 Å². The number of carbonyl (C=O) groups excluding carboxylic acids is 2. The summed E-state index contributed by atoms with van der Waals surface area (Å²) in [6.07, 6.45) is 6.42. The van der Waals surface area contributed by atoms with Crippen molar-refractivity contribution in [3.8, 4) is 0 Å². The number of carbonyl (C=O) groups is 2. The van der Waals surface area contributed by atoms with Crippen LogP contribution in [0.4, 0.5) is 5.00 Å². The lowest BCUT2D eigenvalue weighted by Crippen LogP contribution is -2.58. The van der Waals surface area contributed by atoms with Gasteiger partial charge in [0.15, 0.2) is 0 Å². The standard InChI is InChI=1S/C18H26N2O3S.ClHO4/c1-12-7-9-20(10-8-12)11-15(21)19-17-16(18(22)23-2)13-5-3-4-6-14(13)24-17;2-1(3,4)5/h12H,3-11H2,1-2H3,(H,19,21);(H,2,3,4,5). The normalized spacial score (nSPS) is 17.7. The molecule has 0 saturated carbocycles. The van der Waals surface area contributed by atoms with Crippen LogP contribution in [-0.4, -0.2) is 48.2 Å². The summed E-state index contributed by atoms with van der Waals surface area (Å²) in [6, 6.07) is 0. The lowest BCUT2D eigenvalue weighted by atomic mass is 9.95. The minimum Gasteiger partial charge on any atom is -0.465 e. The van der Waals surface area contributed by atoms with Gasteiger partial charge in [0.25, 0.3) is 0 Å². The van der Waals surface area contributed by atoms with Crippen molar-refractivity contribution in [1.29, 1.82) is 0 Å². The van der Waals surface area contributed by atoms with Gasteiger partial charge < -0.3 is 10.1 Å². The van der Waals surface area contributed by atoms with Gasteiger partial charge >= 0.3 is 5.97 Å². The summed E-state index contributed by atoms with van der Waals surface area (Å²) in [5.74, 6) is 0.379. The fourth-order valence-electron chi connectivity index (χ4n) is 3.56. The first-order chi connectivity index (χ1) is 13.6. The van der Waals surface area contributed by atoms with E-state index in [9.17, 15) is 9.59 Å². The number of likely N-dealkylation sites (tertiary alicyclic amines) is 1. The van der Waals surface area contributed by atoms with Crippen molar-refractivity contribution >= 4 is 28.2 Å². The molecule has 2 heterocycles. The highest BCUT2D eigenvalue weighted by Crippen LogP contribution is 2.38. The SMILES string of the molecule is COC(=O)c1c(NC(=O)CN2CCC(C)CC2)sc2c1CCCC2.[O-][Cl+3]([O-])([O-])O. The van der Waals surface area contributed by atoms with Crippen molar-refractivity contribution in [2.45, 2.75) is 45.4 Å². The van der Waals surface area contributed by atoms with Gasteiger partial charge in [0.05, 0.1) is 34.1 Å². The van der Waals surface area contributed by atoms with Crippen LogP contribution in [0.3, 0.4) is 0 Å². The third-order valence-corrected chi connectivity index (χ3v) is 6.26. The Balaban J connectivity index is 0.000000537. The van der Waals surface area contributed by atoms with E-state index in [-0.39, 0.29) is 11.9 Å². The van der Waals surface area contributed by atoms with Crippen molar-refractivity contribution in [3.63, 3.8) is 0 Å². The molecular formula is C18H27ClN2O7S. The van der Waals surface area contributed by atoms with E-state index in [1.165, 1.54) is 12.0 Å². The molecular weight excluding hydrogens is 424 g/mol. The molecule has 0 bridgehead atoms.